The molecular weight excluding hydrogens is 214 g/mol. The van der Waals surface area contributed by atoms with Gasteiger partial charge in [-0.15, -0.1) is 0 Å². The maximum atomic E-state index is 12.1. The molecule has 1 saturated carbocycles. The lowest BCUT2D eigenvalue weighted by Gasteiger charge is -2.30. The Kier molecular flexibility index (Phi) is 5.44. The monoisotopic (exact) mass is 241 g/mol. The molecule has 2 N–H and O–H groups in total. The lowest BCUT2D eigenvalue weighted by molar-refractivity contribution is -0.132. The molecule has 0 saturated heterocycles. The molecular formula is C14H27NO2. The number of carbonyl (C=O) groups is 1. The summed E-state index contributed by atoms with van der Waals surface area (Å²) in [6, 6.07) is 0. The van der Waals surface area contributed by atoms with E-state index in [9.17, 15) is 9.90 Å². The van der Waals surface area contributed by atoms with E-state index >= 15 is 0 Å². The molecule has 1 unspecified atom stereocenters. The fourth-order valence-electron chi connectivity index (χ4n) is 2.62. The van der Waals surface area contributed by atoms with Crippen molar-refractivity contribution >= 4 is 5.91 Å². The van der Waals surface area contributed by atoms with Crippen LogP contribution in [0.5, 0.6) is 0 Å². The van der Waals surface area contributed by atoms with Gasteiger partial charge in [0.15, 0.2) is 0 Å². The van der Waals surface area contributed by atoms with E-state index in [4.69, 9.17) is 0 Å². The Labute approximate surface area is 105 Å². The van der Waals surface area contributed by atoms with Gasteiger partial charge in [-0.25, -0.2) is 0 Å². The lowest BCUT2D eigenvalue weighted by atomic mass is 9.77. The van der Waals surface area contributed by atoms with E-state index in [-0.39, 0.29) is 17.4 Å². The van der Waals surface area contributed by atoms with Crippen molar-refractivity contribution in [3.05, 3.63) is 0 Å². The van der Waals surface area contributed by atoms with Gasteiger partial charge < -0.3 is 10.4 Å². The van der Waals surface area contributed by atoms with Gasteiger partial charge in [0.25, 0.3) is 0 Å². The zero-order valence-electron chi connectivity index (χ0n) is 11.5. The molecule has 0 spiro atoms. The minimum atomic E-state index is -0.287. The van der Waals surface area contributed by atoms with Crippen LogP contribution in [0, 0.1) is 11.3 Å². The number of amides is 1. The van der Waals surface area contributed by atoms with Gasteiger partial charge in [0.2, 0.25) is 5.91 Å². The molecule has 0 aromatic carbocycles. The van der Waals surface area contributed by atoms with Gasteiger partial charge in [0.05, 0.1) is 6.10 Å². The first kappa shape index (κ1) is 14.5. The molecule has 1 atom stereocenters. The predicted octanol–water partition coefficient (Wildman–Crippen LogP) is 2.48. The molecule has 0 bridgehead atoms. The first-order chi connectivity index (χ1) is 7.98. The summed E-state index contributed by atoms with van der Waals surface area (Å²) in [4.78, 5) is 12.1. The summed E-state index contributed by atoms with van der Waals surface area (Å²) in [5.74, 6) is 0.673. The number of carbonyl (C=O) groups excluding carboxylic acids is 1. The van der Waals surface area contributed by atoms with Crippen LogP contribution >= 0.6 is 0 Å². The predicted molar refractivity (Wildman–Crippen MR) is 69.7 cm³/mol. The third-order valence-electron chi connectivity index (χ3n) is 4.20. The minimum Gasteiger partial charge on any atom is -0.393 e. The Morgan fingerprint density at radius 3 is 2.53 bits per heavy atom. The molecule has 100 valence electrons. The fourth-order valence-corrected chi connectivity index (χ4v) is 2.62. The summed E-state index contributed by atoms with van der Waals surface area (Å²) in [6.07, 6.45) is 6.00. The normalized spacial score (nSPS) is 19.3. The zero-order chi connectivity index (χ0) is 12.9. The Morgan fingerprint density at radius 2 is 2.00 bits per heavy atom. The molecule has 0 radical (unpaired) electrons. The molecule has 1 rings (SSSR count). The molecule has 17 heavy (non-hydrogen) atoms. The molecule has 1 amide bonds. The van der Waals surface area contributed by atoms with Gasteiger partial charge in [-0.05, 0) is 31.6 Å². The Hall–Kier alpha value is -0.570. The molecule has 0 aliphatic heterocycles. The highest BCUT2D eigenvalue weighted by molar-refractivity contribution is 5.82. The van der Waals surface area contributed by atoms with E-state index in [0.717, 1.165) is 6.42 Å². The van der Waals surface area contributed by atoms with Crippen LogP contribution in [-0.2, 0) is 4.79 Å². The van der Waals surface area contributed by atoms with Gasteiger partial charge in [-0.3, -0.25) is 4.79 Å². The van der Waals surface area contributed by atoms with Crippen LogP contribution in [0.25, 0.3) is 0 Å². The first-order valence-electron chi connectivity index (χ1n) is 6.94. The van der Waals surface area contributed by atoms with Crippen LogP contribution in [0.15, 0.2) is 0 Å². The number of nitrogens with one attached hydrogen (secondary N) is 1. The number of hydrogen-bond acceptors (Lipinski definition) is 2. The molecule has 3 heteroatoms. The van der Waals surface area contributed by atoms with Crippen LogP contribution in [0.1, 0.15) is 59.3 Å². The smallest absolute Gasteiger partial charge is 0.225 e. The van der Waals surface area contributed by atoms with Crippen LogP contribution in [0.3, 0.4) is 0 Å². The largest absolute Gasteiger partial charge is 0.393 e. The van der Waals surface area contributed by atoms with Crippen molar-refractivity contribution in [1.82, 2.24) is 5.32 Å². The second-order valence-corrected chi connectivity index (χ2v) is 5.81. The van der Waals surface area contributed by atoms with E-state index in [1.807, 2.05) is 6.92 Å². The SMILES string of the molecule is CCC(O)CCNC(=O)C(C)(C)C1CCCC1. The van der Waals surface area contributed by atoms with Crippen molar-refractivity contribution in [2.45, 2.75) is 65.4 Å². The Bertz CT molecular complexity index is 245. The van der Waals surface area contributed by atoms with E-state index in [2.05, 4.69) is 19.2 Å². The summed E-state index contributed by atoms with van der Waals surface area (Å²) in [5.41, 5.74) is -0.256. The minimum absolute atomic E-state index is 0.146. The highest BCUT2D eigenvalue weighted by Crippen LogP contribution is 2.39. The molecule has 0 aromatic rings. The van der Waals surface area contributed by atoms with E-state index in [1.165, 1.54) is 25.7 Å². The van der Waals surface area contributed by atoms with E-state index in [1.54, 1.807) is 0 Å². The maximum Gasteiger partial charge on any atom is 0.225 e. The van der Waals surface area contributed by atoms with E-state index < -0.39 is 0 Å². The molecule has 0 heterocycles. The molecule has 1 aliphatic carbocycles. The average Bonchev–Trinajstić information content (AvgIpc) is 2.82. The van der Waals surface area contributed by atoms with Gasteiger partial charge in [0.1, 0.15) is 0 Å². The van der Waals surface area contributed by atoms with Gasteiger partial charge >= 0.3 is 0 Å². The fraction of sp³-hybridized carbons (Fsp3) is 0.929. The highest BCUT2D eigenvalue weighted by atomic mass is 16.3. The van der Waals surface area contributed by atoms with Crippen molar-refractivity contribution in [2.24, 2.45) is 11.3 Å². The second kappa shape index (κ2) is 6.39. The lowest BCUT2D eigenvalue weighted by Crippen LogP contribution is -2.42. The van der Waals surface area contributed by atoms with Crippen LogP contribution in [0.4, 0.5) is 0 Å². The van der Waals surface area contributed by atoms with Crippen molar-refractivity contribution in [1.29, 1.82) is 0 Å². The van der Waals surface area contributed by atoms with Crippen molar-refractivity contribution in [2.75, 3.05) is 6.54 Å². The summed E-state index contributed by atoms with van der Waals surface area (Å²) >= 11 is 0. The maximum absolute atomic E-state index is 12.1. The van der Waals surface area contributed by atoms with Gasteiger partial charge in [0, 0.05) is 12.0 Å². The van der Waals surface area contributed by atoms with Crippen molar-refractivity contribution in [3.63, 3.8) is 0 Å². The number of rotatable bonds is 6. The quantitative estimate of drug-likeness (QED) is 0.750. The highest BCUT2D eigenvalue weighted by Gasteiger charge is 2.37. The average molecular weight is 241 g/mol. The Morgan fingerprint density at radius 1 is 1.41 bits per heavy atom. The van der Waals surface area contributed by atoms with Gasteiger partial charge in [-0.2, -0.15) is 0 Å². The topological polar surface area (TPSA) is 49.3 Å². The van der Waals surface area contributed by atoms with Gasteiger partial charge in [-0.1, -0.05) is 33.6 Å². The summed E-state index contributed by atoms with van der Waals surface area (Å²) < 4.78 is 0. The first-order valence-corrected chi connectivity index (χ1v) is 6.94. The zero-order valence-corrected chi connectivity index (χ0v) is 11.5. The number of aliphatic hydroxyl groups is 1. The van der Waals surface area contributed by atoms with Crippen molar-refractivity contribution in [3.8, 4) is 0 Å². The summed E-state index contributed by atoms with van der Waals surface area (Å²) in [7, 11) is 0. The van der Waals surface area contributed by atoms with E-state index in [0.29, 0.717) is 18.9 Å². The van der Waals surface area contributed by atoms with Crippen molar-refractivity contribution < 1.29 is 9.90 Å². The second-order valence-electron chi connectivity index (χ2n) is 5.81. The summed E-state index contributed by atoms with van der Waals surface area (Å²) in [5, 5.41) is 12.4. The molecule has 0 aromatic heterocycles. The molecule has 1 fully saturated rings. The number of aliphatic hydroxyl groups excluding tert-OH is 1. The Balaban J connectivity index is 2.35. The van der Waals surface area contributed by atoms with Crippen LogP contribution < -0.4 is 5.32 Å². The van der Waals surface area contributed by atoms with Crippen LogP contribution in [-0.4, -0.2) is 23.7 Å². The summed E-state index contributed by atoms with van der Waals surface area (Å²) in [6.45, 7) is 6.64. The third-order valence-corrected chi connectivity index (χ3v) is 4.20. The standard InChI is InChI=1S/C14H27NO2/c1-4-12(16)9-10-15-13(17)14(2,3)11-7-5-6-8-11/h11-12,16H,4-10H2,1-3H3,(H,15,17). The third kappa shape index (κ3) is 3.98. The molecule has 1 aliphatic rings. The number of hydrogen-bond donors (Lipinski definition) is 2. The molecule has 3 nitrogen and oxygen atoms in total. The van der Waals surface area contributed by atoms with Crippen LogP contribution in [0.2, 0.25) is 0 Å².